The van der Waals surface area contributed by atoms with Gasteiger partial charge in [0.25, 0.3) is 0 Å². The van der Waals surface area contributed by atoms with E-state index in [1.54, 1.807) is 0 Å². The van der Waals surface area contributed by atoms with Gasteiger partial charge in [0.2, 0.25) is 0 Å². The van der Waals surface area contributed by atoms with Crippen molar-refractivity contribution >= 4 is 15.9 Å². The van der Waals surface area contributed by atoms with Crippen molar-refractivity contribution in [2.75, 3.05) is 11.9 Å². The summed E-state index contributed by atoms with van der Waals surface area (Å²) in [4.78, 5) is 0. The minimum Gasteiger partial charge on any atom is -0.374 e. The Morgan fingerprint density at radius 2 is 1.91 bits per heavy atom. The number of rotatable bonds is 6. The lowest BCUT2D eigenvalue weighted by atomic mass is 9.97. The normalized spacial score (nSPS) is 16.4. The lowest BCUT2D eigenvalue weighted by Crippen LogP contribution is -2.33. The maximum Gasteiger partial charge on any atom is 0.0776 e. The van der Waals surface area contributed by atoms with Gasteiger partial charge in [-0.1, -0.05) is 36.2 Å². The molecule has 1 nitrogen and oxygen atoms in total. The summed E-state index contributed by atoms with van der Waals surface area (Å²) in [5.74, 6) is 0. The summed E-state index contributed by atoms with van der Waals surface area (Å²) in [6.45, 7) is 7.26. The molecule has 0 aromatic rings. The van der Waals surface area contributed by atoms with E-state index >= 15 is 0 Å². The molecule has 0 rings (SSSR count). The Hall–Kier alpha value is 0.440. The summed E-state index contributed by atoms with van der Waals surface area (Å²) < 4.78 is 5.72. The average Bonchev–Trinajstić information content (AvgIpc) is 2.04. The van der Waals surface area contributed by atoms with Crippen LogP contribution in [0.15, 0.2) is 0 Å². The zero-order chi connectivity index (χ0) is 8.74. The van der Waals surface area contributed by atoms with Gasteiger partial charge in [-0.25, -0.2) is 0 Å². The van der Waals surface area contributed by atoms with Crippen LogP contribution in [0.2, 0.25) is 0 Å². The second kappa shape index (κ2) is 6.01. The van der Waals surface area contributed by atoms with Crippen LogP contribution in [0.1, 0.15) is 40.0 Å². The number of ether oxygens (including phenoxy) is 1. The molecule has 0 radical (unpaired) electrons. The second-order valence-corrected chi connectivity index (χ2v) is 3.41. The second-order valence-electron chi connectivity index (χ2n) is 2.85. The van der Waals surface area contributed by atoms with Crippen molar-refractivity contribution < 1.29 is 4.74 Å². The van der Waals surface area contributed by atoms with E-state index in [1.807, 2.05) is 0 Å². The SMILES string of the molecule is CCCC(CC)(CBr)OCC. The molecule has 0 spiro atoms. The van der Waals surface area contributed by atoms with Gasteiger partial charge in [0.15, 0.2) is 0 Å². The van der Waals surface area contributed by atoms with E-state index in [1.165, 1.54) is 6.42 Å². The Labute approximate surface area is 78.6 Å². The van der Waals surface area contributed by atoms with E-state index in [-0.39, 0.29) is 5.60 Å². The number of halogens is 1. The molecule has 0 aromatic heterocycles. The van der Waals surface area contributed by atoms with E-state index in [2.05, 4.69) is 36.7 Å². The average molecular weight is 223 g/mol. The van der Waals surface area contributed by atoms with Crippen LogP contribution in [0.5, 0.6) is 0 Å². The zero-order valence-corrected chi connectivity index (χ0v) is 9.41. The quantitative estimate of drug-likeness (QED) is 0.627. The van der Waals surface area contributed by atoms with E-state index < -0.39 is 0 Å². The van der Waals surface area contributed by atoms with Gasteiger partial charge in [0, 0.05) is 11.9 Å². The van der Waals surface area contributed by atoms with Gasteiger partial charge in [-0.05, 0) is 19.8 Å². The molecule has 68 valence electrons. The molecule has 0 heterocycles. The molecule has 0 saturated heterocycles. The van der Waals surface area contributed by atoms with Gasteiger partial charge < -0.3 is 4.74 Å². The minimum atomic E-state index is 0.101. The van der Waals surface area contributed by atoms with Crippen LogP contribution in [-0.4, -0.2) is 17.5 Å². The highest BCUT2D eigenvalue weighted by atomic mass is 79.9. The maximum atomic E-state index is 5.72. The van der Waals surface area contributed by atoms with Crippen molar-refractivity contribution in [3.8, 4) is 0 Å². The molecule has 0 aliphatic heterocycles. The summed E-state index contributed by atoms with van der Waals surface area (Å²) in [6, 6.07) is 0. The lowest BCUT2D eigenvalue weighted by molar-refractivity contribution is -0.0292. The monoisotopic (exact) mass is 222 g/mol. The highest BCUT2D eigenvalue weighted by molar-refractivity contribution is 9.09. The van der Waals surface area contributed by atoms with Gasteiger partial charge in [0.1, 0.15) is 0 Å². The predicted molar refractivity (Wildman–Crippen MR) is 53.4 cm³/mol. The highest BCUT2D eigenvalue weighted by Crippen LogP contribution is 2.24. The first-order valence-corrected chi connectivity index (χ1v) is 5.56. The van der Waals surface area contributed by atoms with Crippen LogP contribution in [0.4, 0.5) is 0 Å². The lowest BCUT2D eigenvalue weighted by Gasteiger charge is -2.30. The highest BCUT2D eigenvalue weighted by Gasteiger charge is 2.25. The third-order valence-corrected chi connectivity index (χ3v) is 3.07. The summed E-state index contributed by atoms with van der Waals surface area (Å²) in [5, 5.41) is 0.957. The molecule has 0 saturated carbocycles. The summed E-state index contributed by atoms with van der Waals surface area (Å²) in [5.41, 5.74) is 0.101. The number of hydrogen-bond donors (Lipinski definition) is 0. The van der Waals surface area contributed by atoms with Crippen molar-refractivity contribution in [3.05, 3.63) is 0 Å². The van der Waals surface area contributed by atoms with Gasteiger partial charge in [-0.3, -0.25) is 0 Å². The Morgan fingerprint density at radius 1 is 1.27 bits per heavy atom. The summed E-state index contributed by atoms with van der Waals surface area (Å²) in [6.07, 6.45) is 3.45. The maximum absolute atomic E-state index is 5.72. The molecule has 0 N–H and O–H groups in total. The Balaban J connectivity index is 3.96. The van der Waals surface area contributed by atoms with Gasteiger partial charge in [-0.2, -0.15) is 0 Å². The first kappa shape index (κ1) is 11.4. The molecule has 0 amide bonds. The van der Waals surface area contributed by atoms with Gasteiger partial charge in [0.05, 0.1) is 5.60 Å². The van der Waals surface area contributed by atoms with Crippen molar-refractivity contribution in [1.29, 1.82) is 0 Å². The molecule has 1 atom stereocenters. The number of hydrogen-bond acceptors (Lipinski definition) is 1. The fraction of sp³-hybridized carbons (Fsp3) is 1.00. The van der Waals surface area contributed by atoms with Crippen molar-refractivity contribution in [2.45, 2.75) is 45.6 Å². The smallest absolute Gasteiger partial charge is 0.0776 e. The molecule has 2 heteroatoms. The molecule has 0 bridgehead atoms. The first-order chi connectivity index (χ1) is 5.24. The fourth-order valence-corrected chi connectivity index (χ4v) is 2.15. The zero-order valence-electron chi connectivity index (χ0n) is 7.82. The molecule has 11 heavy (non-hydrogen) atoms. The molecule has 0 aliphatic rings. The van der Waals surface area contributed by atoms with Crippen LogP contribution in [0.3, 0.4) is 0 Å². The van der Waals surface area contributed by atoms with Crippen molar-refractivity contribution in [1.82, 2.24) is 0 Å². The van der Waals surface area contributed by atoms with Crippen LogP contribution in [-0.2, 0) is 4.74 Å². The van der Waals surface area contributed by atoms with Crippen LogP contribution in [0, 0.1) is 0 Å². The topological polar surface area (TPSA) is 9.23 Å². The van der Waals surface area contributed by atoms with Crippen LogP contribution < -0.4 is 0 Å². The third-order valence-electron chi connectivity index (χ3n) is 2.04. The fourth-order valence-electron chi connectivity index (χ4n) is 1.31. The molecule has 0 aliphatic carbocycles. The third kappa shape index (κ3) is 3.57. The van der Waals surface area contributed by atoms with Gasteiger partial charge >= 0.3 is 0 Å². The van der Waals surface area contributed by atoms with E-state index in [4.69, 9.17) is 4.74 Å². The molecular formula is C9H19BrO. The van der Waals surface area contributed by atoms with E-state index in [0.29, 0.717) is 0 Å². The molecule has 1 unspecified atom stereocenters. The summed E-state index contributed by atoms with van der Waals surface area (Å²) >= 11 is 3.51. The van der Waals surface area contributed by atoms with Crippen molar-refractivity contribution in [3.63, 3.8) is 0 Å². The Morgan fingerprint density at radius 3 is 2.18 bits per heavy atom. The Kier molecular flexibility index (Phi) is 6.25. The van der Waals surface area contributed by atoms with E-state index in [0.717, 1.165) is 24.8 Å². The van der Waals surface area contributed by atoms with Crippen LogP contribution >= 0.6 is 15.9 Å². The van der Waals surface area contributed by atoms with Crippen molar-refractivity contribution in [2.24, 2.45) is 0 Å². The first-order valence-electron chi connectivity index (χ1n) is 4.44. The predicted octanol–water partition coefficient (Wildman–Crippen LogP) is 3.37. The Bertz CT molecular complexity index is 81.6. The van der Waals surface area contributed by atoms with Crippen LogP contribution in [0.25, 0.3) is 0 Å². The minimum absolute atomic E-state index is 0.101. The molecule has 0 aromatic carbocycles. The number of alkyl halides is 1. The van der Waals surface area contributed by atoms with Gasteiger partial charge in [-0.15, -0.1) is 0 Å². The molecule has 0 fully saturated rings. The largest absolute Gasteiger partial charge is 0.374 e. The summed E-state index contributed by atoms with van der Waals surface area (Å²) in [7, 11) is 0. The van der Waals surface area contributed by atoms with E-state index in [9.17, 15) is 0 Å². The standard InChI is InChI=1S/C9H19BrO/c1-4-7-9(5-2,8-10)11-6-3/h4-8H2,1-3H3. The molecular weight excluding hydrogens is 204 g/mol.